The SMILES string of the molecule is Nc1c(C(F)(F)F)cc(CO)cc1C(F)(F)F. The zero-order valence-electron chi connectivity index (χ0n) is 8.15. The fraction of sp³-hybridized carbons (Fsp3) is 0.333. The van der Waals surface area contributed by atoms with Gasteiger partial charge in [-0.1, -0.05) is 0 Å². The molecule has 8 heteroatoms. The Morgan fingerprint density at radius 2 is 1.29 bits per heavy atom. The number of hydrogen-bond acceptors (Lipinski definition) is 2. The van der Waals surface area contributed by atoms with Gasteiger partial charge in [0.2, 0.25) is 0 Å². The molecule has 0 saturated carbocycles. The first-order valence-corrected chi connectivity index (χ1v) is 4.25. The zero-order valence-corrected chi connectivity index (χ0v) is 8.15. The van der Waals surface area contributed by atoms with Crippen molar-refractivity contribution in [3.05, 3.63) is 28.8 Å². The van der Waals surface area contributed by atoms with E-state index in [1.165, 1.54) is 0 Å². The van der Waals surface area contributed by atoms with Crippen LogP contribution in [0.1, 0.15) is 16.7 Å². The molecule has 0 aliphatic carbocycles. The van der Waals surface area contributed by atoms with E-state index in [0.717, 1.165) is 0 Å². The predicted molar refractivity (Wildman–Crippen MR) is 46.8 cm³/mol. The van der Waals surface area contributed by atoms with Crippen LogP contribution in [0.3, 0.4) is 0 Å². The molecule has 1 rings (SSSR count). The van der Waals surface area contributed by atoms with Gasteiger partial charge in [0.15, 0.2) is 0 Å². The number of aliphatic hydroxyl groups excluding tert-OH is 1. The van der Waals surface area contributed by atoms with Gasteiger partial charge in [-0.3, -0.25) is 0 Å². The Balaban J connectivity index is 3.53. The molecule has 0 aliphatic heterocycles. The lowest BCUT2D eigenvalue weighted by Crippen LogP contribution is -2.16. The van der Waals surface area contributed by atoms with Gasteiger partial charge in [-0.05, 0) is 17.7 Å². The van der Waals surface area contributed by atoms with Crippen molar-refractivity contribution in [2.75, 3.05) is 5.73 Å². The average molecular weight is 259 g/mol. The largest absolute Gasteiger partial charge is 0.418 e. The maximum Gasteiger partial charge on any atom is 0.418 e. The molecule has 1 aromatic rings. The molecule has 0 saturated heterocycles. The van der Waals surface area contributed by atoms with E-state index >= 15 is 0 Å². The molecule has 0 spiro atoms. The third-order valence-electron chi connectivity index (χ3n) is 2.03. The molecule has 0 heterocycles. The van der Waals surface area contributed by atoms with Gasteiger partial charge in [-0.25, -0.2) is 0 Å². The molecular weight excluding hydrogens is 252 g/mol. The number of halogens is 6. The number of nitrogens with two attached hydrogens (primary N) is 1. The highest BCUT2D eigenvalue weighted by molar-refractivity contribution is 5.58. The standard InChI is InChI=1S/C9H7F6NO/c10-8(11,12)5-1-4(3-17)2-6(7(5)16)9(13,14)15/h1-2,17H,3,16H2. The fourth-order valence-electron chi connectivity index (χ4n) is 1.27. The molecule has 0 aromatic heterocycles. The number of alkyl halides is 6. The molecule has 0 amide bonds. The second-order valence-electron chi connectivity index (χ2n) is 3.26. The summed E-state index contributed by atoms with van der Waals surface area (Å²) in [6.45, 7) is -0.938. The minimum absolute atomic E-state index is 0.393. The first-order chi connectivity index (χ1) is 7.57. The van der Waals surface area contributed by atoms with E-state index in [-0.39, 0.29) is 0 Å². The summed E-state index contributed by atoms with van der Waals surface area (Å²) in [6, 6.07) is 0.787. The van der Waals surface area contributed by atoms with Crippen LogP contribution in [0.4, 0.5) is 32.0 Å². The maximum atomic E-state index is 12.4. The lowest BCUT2D eigenvalue weighted by Gasteiger charge is -2.17. The van der Waals surface area contributed by atoms with Crippen molar-refractivity contribution in [3.63, 3.8) is 0 Å². The highest BCUT2D eigenvalue weighted by atomic mass is 19.4. The highest BCUT2D eigenvalue weighted by Gasteiger charge is 2.40. The molecule has 2 nitrogen and oxygen atoms in total. The first kappa shape index (κ1) is 13.6. The van der Waals surface area contributed by atoms with Gasteiger partial charge in [0.1, 0.15) is 0 Å². The number of aliphatic hydroxyl groups is 1. The van der Waals surface area contributed by atoms with E-state index in [4.69, 9.17) is 10.8 Å². The molecule has 0 atom stereocenters. The van der Waals surface area contributed by atoms with Crippen molar-refractivity contribution in [1.82, 2.24) is 0 Å². The Bertz CT molecular complexity index is 387. The molecule has 0 bridgehead atoms. The fourth-order valence-corrected chi connectivity index (χ4v) is 1.27. The van der Waals surface area contributed by atoms with Crippen LogP contribution in [0.25, 0.3) is 0 Å². The number of benzene rings is 1. The zero-order chi connectivity index (χ0) is 13.4. The van der Waals surface area contributed by atoms with Crippen LogP contribution in [0.5, 0.6) is 0 Å². The predicted octanol–water partition coefficient (Wildman–Crippen LogP) is 2.80. The van der Waals surface area contributed by atoms with Crippen LogP contribution in [-0.2, 0) is 19.0 Å². The van der Waals surface area contributed by atoms with Gasteiger partial charge in [-0.15, -0.1) is 0 Å². The van der Waals surface area contributed by atoms with E-state index in [1.54, 1.807) is 0 Å². The summed E-state index contributed by atoms with van der Waals surface area (Å²) in [5.41, 5.74) is -0.232. The van der Waals surface area contributed by atoms with Gasteiger partial charge in [0.05, 0.1) is 23.4 Å². The molecule has 3 N–H and O–H groups in total. The van der Waals surface area contributed by atoms with Gasteiger partial charge < -0.3 is 10.8 Å². The molecule has 1 aromatic carbocycles. The van der Waals surface area contributed by atoms with E-state index < -0.39 is 41.3 Å². The Kier molecular flexibility index (Phi) is 3.28. The summed E-state index contributed by atoms with van der Waals surface area (Å²) in [6.07, 6.45) is -10.0. The summed E-state index contributed by atoms with van der Waals surface area (Å²) >= 11 is 0. The average Bonchev–Trinajstić information content (AvgIpc) is 2.14. The Morgan fingerprint density at radius 1 is 0.941 bits per heavy atom. The van der Waals surface area contributed by atoms with E-state index in [9.17, 15) is 26.3 Å². The summed E-state index contributed by atoms with van der Waals surface area (Å²) in [5, 5.41) is 8.63. The van der Waals surface area contributed by atoms with Gasteiger partial charge in [0, 0.05) is 0 Å². The van der Waals surface area contributed by atoms with Crippen molar-refractivity contribution < 1.29 is 31.4 Å². The second-order valence-corrected chi connectivity index (χ2v) is 3.26. The van der Waals surface area contributed by atoms with Gasteiger partial charge >= 0.3 is 12.4 Å². The molecular formula is C9H7F6NO. The van der Waals surface area contributed by atoms with Gasteiger partial charge in [-0.2, -0.15) is 26.3 Å². The summed E-state index contributed by atoms with van der Waals surface area (Å²) in [4.78, 5) is 0. The molecule has 0 radical (unpaired) electrons. The summed E-state index contributed by atoms with van der Waals surface area (Å²) in [7, 11) is 0. The number of nitrogen functional groups attached to an aromatic ring is 1. The van der Waals surface area contributed by atoms with Crippen LogP contribution >= 0.6 is 0 Å². The van der Waals surface area contributed by atoms with E-state index in [2.05, 4.69) is 0 Å². The van der Waals surface area contributed by atoms with Crippen molar-refractivity contribution in [2.24, 2.45) is 0 Å². The second kappa shape index (κ2) is 4.10. The maximum absolute atomic E-state index is 12.4. The topological polar surface area (TPSA) is 46.2 Å². The molecule has 0 aliphatic rings. The van der Waals surface area contributed by atoms with Crippen LogP contribution in [0.15, 0.2) is 12.1 Å². The third-order valence-corrected chi connectivity index (χ3v) is 2.03. The molecule has 96 valence electrons. The Morgan fingerprint density at radius 3 is 1.53 bits per heavy atom. The van der Waals surface area contributed by atoms with Crippen molar-refractivity contribution >= 4 is 5.69 Å². The number of anilines is 1. The molecule has 0 fully saturated rings. The smallest absolute Gasteiger partial charge is 0.398 e. The Hall–Kier alpha value is -1.44. The lowest BCUT2D eigenvalue weighted by molar-refractivity contribution is -0.141. The van der Waals surface area contributed by atoms with E-state index in [1.807, 2.05) is 0 Å². The van der Waals surface area contributed by atoms with Crippen LogP contribution in [0, 0.1) is 0 Å². The molecule has 0 unspecified atom stereocenters. The molecule has 17 heavy (non-hydrogen) atoms. The quantitative estimate of drug-likeness (QED) is 0.601. The normalized spacial score (nSPS) is 12.9. The van der Waals surface area contributed by atoms with E-state index in [0.29, 0.717) is 12.1 Å². The minimum atomic E-state index is -5.00. The van der Waals surface area contributed by atoms with Gasteiger partial charge in [0.25, 0.3) is 0 Å². The first-order valence-electron chi connectivity index (χ1n) is 4.25. The van der Waals surface area contributed by atoms with Crippen molar-refractivity contribution in [2.45, 2.75) is 19.0 Å². The third kappa shape index (κ3) is 2.82. The number of rotatable bonds is 1. The summed E-state index contributed by atoms with van der Waals surface area (Å²) < 4.78 is 74.4. The minimum Gasteiger partial charge on any atom is -0.398 e. The Labute approximate surface area is 91.7 Å². The van der Waals surface area contributed by atoms with Crippen LogP contribution in [-0.4, -0.2) is 5.11 Å². The van der Waals surface area contributed by atoms with Crippen LogP contribution < -0.4 is 5.73 Å². The number of hydrogen-bond donors (Lipinski definition) is 2. The highest BCUT2D eigenvalue weighted by Crippen LogP contribution is 2.41. The lowest BCUT2D eigenvalue weighted by atomic mass is 10.0. The van der Waals surface area contributed by atoms with Crippen LogP contribution in [0.2, 0.25) is 0 Å². The van der Waals surface area contributed by atoms with Crippen molar-refractivity contribution in [1.29, 1.82) is 0 Å². The monoisotopic (exact) mass is 259 g/mol. The van der Waals surface area contributed by atoms with Crippen molar-refractivity contribution in [3.8, 4) is 0 Å². The summed E-state index contributed by atoms with van der Waals surface area (Å²) in [5.74, 6) is 0.